The molecule has 1 fully saturated rings. The summed E-state index contributed by atoms with van der Waals surface area (Å²) in [5.41, 5.74) is 2.66. The summed E-state index contributed by atoms with van der Waals surface area (Å²) in [4.78, 5) is 15.3. The van der Waals surface area contributed by atoms with Crippen LogP contribution in [0.4, 0.5) is 0 Å². The third-order valence-electron chi connectivity index (χ3n) is 4.12. The lowest BCUT2D eigenvalue weighted by atomic mass is 10.2. The summed E-state index contributed by atoms with van der Waals surface area (Å²) in [7, 11) is 0. The van der Waals surface area contributed by atoms with Crippen LogP contribution in [0, 0.1) is 13.8 Å². The van der Waals surface area contributed by atoms with Crippen molar-refractivity contribution in [2.45, 2.75) is 37.0 Å². The Bertz CT molecular complexity index is 694. The molecule has 0 spiro atoms. The van der Waals surface area contributed by atoms with Gasteiger partial charge in [-0.2, -0.15) is 0 Å². The number of hydrogen-bond acceptors (Lipinski definition) is 5. The SMILES string of the molecule is Cc1noc(C)c1CSc1ccccc1C(=O)N1CC[C@H](O)C1. The second-order valence-electron chi connectivity index (χ2n) is 5.78. The van der Waals surface area contributed by atoms with E-state index in [0.29, 0.717) is 30.8 Å². The van der Waals surface area contributed by atoms with Crippen LogP contribution in [0.15, 0.2) is 33.7 Å². The second-order valence-corrected chi connectivity index (χ2v) is 6.80. The van der Waals surface area contributed by atoms with Crippen LogP contribution in [-0.2, 0) is 5.75 Å². The maximum absolute atomic E-state index is 12.7. The lowest BCUT2D eigenvalue weighted by Gasteiger charge is -2.17. The van der Waals surface area contributed by atoms with Gasteiger partial charge in [0.05, 0.1) is 17.4 Å². The first kappa shape index (κ1) is 16.1. The number of benzene rings is 1. The Morgan fingerprint density at radius 3 is 2.87 bits per heavy atom. The Hall–Kier alpha value is -1.79. The standard InChI is InChI=1S/C17H20N2O3S/c1-11-15(12(2)22-18-11)10-23-16-6-4-3-5-14(16)17(21)19-8-7-13(20)9-19/h3-6,13,20H,7-10H2,1-2H3/t13-/m0/s1. The van der Waals surface area contributed by atoms with Gasteiger partial charge in [0.2, 0.25) is 0 Å². The number of thioether (sulfide) groups is 1. The zero-order valence-electron chi connectivity index (χ0n) is 13.3. The van der Waals surface area contributed by atoms with Crippen LogP contribution in [0.1, 0.15) is 33.8 Å². The number of carbonyl (C=O) groups excluding carboxylic acids is 1. The molecule has 122 valence electrons. The number of nitrogens with zero attached hydrogens (tertiary/aromatic N) is 2. The summed E-state index contributed by atoms with van der Waals surface area (Å²) in [5.74, 6) is 1.53. The van der Waals surface area contributed by atoms with Crippen LogP contribution >= 0.6 is 11.8 Å². The fourth-order valence-corrected chi connectivity index (χ4v) is 3.92. The summed E-state index contributed by atoms with van der Waals surface area (Å²) in [5, 5.41) is 13.6. The highest BCUT2D eigenvalue weighted by Crippen LogP contribution is 2.30. The lowest BCUT2D eigenvalue weighted by molar-refractivity contribution is 0.0761. The molecule has 23 heavy (non-hydrogen) atoms. The number of aryl methyl sites for hydroxylation is 2. The van der Waals surface area contributed by atoms with Gasteiger partial charge in [0.25, 0.3) is 5.91 Å². The van der Waals surface area contributed by atoms with Crippen molar-refractivity contribution in [3.63, 3.8) is 0 Å². The van der Waals surface area contributed by atoms with Gasteiger partial charge in [0.15, 0.2) is 0 Å². The van der Waals surface area contributed by atoms with Gasteiger partial charge in [0.1, 0.15) is 5.76 Å². The van der Waals surface area contributed by atoms with Gasteiger partial charge in [-0.25, -0.2) is 0 Å². The van der Waals surface area contributed by atoms with Crippen molar-refractivity contribution in [1.29, 1.82) is 0 Å². The van der Waals surface area contributed by atoms with E-state index in [-0.39, 0.29) is 5.91 Å². The second kappa shape index (κ2) is 6.76. The molecular formula is C17H20N2O3S. The number of hydrogen-bond donors (Lipinski definition) is 1. The zero-order valence-corrected chi connectivity index (χ0v) is 14.1. The van der Waals surface area contributed by atoms with Gasteiger partial charge in [-0.15, -0.1) is 11.8 Å². The van der Waals surface area contributed by atoms with Gasteiger partial charge in [0, 0.05) is 29.3 Å². The van der Waals surface area contributed by atoms with Gasteiger partial charge in [-0.3, -0.25) is 4.79 Å². The predicted molar refractivity (Wildman–Crippen MR) is 88.5 cm³/mol. The fourth-order valence-electron chi connectivity index (χ4n) is 2.72. The molecule has 1 aliphatic rings. The third kappa shape index (κ3) is 3.43. The molecule has 0 saturated carbocycles. The molecule has 0 aliphatic carbocycles. The highest BCUT2D eigenvalue weighted by Gasteiger charge is 2.26. The van der Waals surface area contributed by atoms with E-state index < -0.39 is 6.10 Å². The van der Waals surface area contributed by atoms with Crippen molar-refractivity contribution < 1.29 is 14.4 Å². The molecule has 1 N–H and O–H groups in total. The molecule has 5 nitrogen and oxygen atoms in total. The normalized spacial score (nSPS) is 17.7. The molecular weight excluding hydrogens is 312 g/mol. The minimum Gasteiger partial charge on any atom is -0.391 e. The molecule has 1 aromatic heterocycles. The molecule has 2 heterocycles. The summed E-state index contributed by atoms with van der Waals surface area (Å²) < 4.78 is 5.19. The highest BCUT2D eigenvalue weighted by molar-refractivity contribution is 7.98. The monoisotopic (exact) mass is 332 g/mol. The van der Waals surface area contributed by atoms with E-state index in [1.54, 1.807) is 16.7 Å². The summed E-state index contributed by atoms with van der Waals surface area (Å²) in [6.45, 7) is 4.86. The number of carbonyl (C=O) groups is 1. The third-order valence-corrected chi connectivity index (χ3v) is 5.22. The predicted octanol–water partition coefficient (Wildman–Crippen LogP) is 2.79. The maximum atomic E-state index is 12.7. The molecule has 3 rings (SSSR count). The number of amides is 1. The van der Waals surface area contributed by atoms with Crippen molar-refractivity contribution in [3.05, 3.63) is 46.8 Å². The van der Waals surface area contributed by atoms with E-state index >= 15 is 0 Å². The molecule has 1 amide bonds. The largest absolute Gasteiger partial charge is 0.391 e. The van der Waals surface area contributed by atoms with Crippen LogP contribution < -0.4 is 0 Å². The van der Waals surface area contributed by atoms with Gasteiger partial charge >= 0.3 is 0 Å². The van der Waals surface area contributed by atoms with Gasteiger partial charge in [-0.05, 0) is 32.4 Å². The molecule has 0 radical (unpaired) electrons. The number of β-amino-alcohol motifs (C(OH)–C–C–N with tert-alkyl or cyclic N) is 1. The summed E-state index contributed by atoms with van der Waals surface area (Å²) in [6.07, 6.45) is 0.251. The molecule has 1 atom stereocenters. The van der Waals surface area contributed by atoms with Crippen molar-refractivity contribution in [1.82, 2.24) is 10.1 Å². The van der Waals surface area contributed by atoms with Crippen molar-refractivity contribution in [3.8, 4) is 0 Å². The number of likely N-dealkylation sites (tertiary alicyclic amines) is 1. The Kier molecular flexibility index (Phi) is 4.73. The summed E-state index contributed by atoms with van der Waals surface area (Å²) >= 11 is 1.61. The maximum Gasteiger partial charge on any atom is 0.255 e. The average molecular weight is 332 g/mol. The van der Waals surface area contributed by atoms with Crippen molar-refractivity contribution >= 4 is 17.7 Å². The van der Waals surface area contributed by atoms with E-state index in [4.69, 9.17) is 4.52 Å². The van der Waals surface area contributed by atoms with Gasteiger partial charge in [-0.1, -0.05) is 17.3 Å². The van der Waals surface area contributed by atoms with Crippen molar-refractivity contribution in [2.24, 2.45) is 0 Å². The molecule has 0 bridgehead atoms. The number of aromatic nitrogens is 1. The van der Waals surface area contributed by atoms with E-state index in [0.717, 1.165) is 21.9 Å². The zero-order chi connectivity index (χ0) is 16.4. The van der Waals surface area contributed by atoms with Gasteiger partial charge < -0.3 is 14.5 Å². The average Bonchev–Trinajstić information content (AvgIpc) is 3.12. The molecule has 1 saturated heterocycles. The Labute approximate surface area is 139 Å². The Morgan fingerprint density at radius 1 is 1.43 bits per heavy atom. The van der Waals surface area contributed by atoms with E-state index in [2.05, 4.69) is 5.16 Å². The molecule has 1 aromatic carbocycles. The smallest absolute Gasteiger partial charge is 0.255 e. The minimum atomic E-state index is -0.402. The van der Waals surface area contributed by atoms with E-state index in [1.165, 1.54) is 0 Å². The lowest BCUT2D eigenvalue weighted by Crippen LogP contribution is -2.29. The number of aliphatic hydroxyl groups is 1. The Morgan fingerprint density at radius 2 is 2.22 bits per heavy atom. The summed E-state index contributed by atoms with van der Waals surface area (Å²) in [6, 6.07) is 7.62. The number of aliphatic hydroxyl groups excluding tert-OH is 1. The molecule has 1 aliphatic heterocycles. The topological polar surface area (TPSA) is 66.6 Å². The first-order valence-corrected chi connectivity index (χ1v) is 8.65. The first-order valence-electron chi connectivity index (χ1n) is 7.67. The van der Waals surface area contributed by atoms with Crippen LogP contribution in [-0.4, -0.2) is 40.3 Å². The molecule has 2 aromatic rings. The molecule has 0 unspecified atom stereocenters. The molecule has 6 heteroatoms. The Balaban J connectivity index is 1.77. The first-order chi connectivity index (χ1) is 11.1. The van der Waals surface area contributed by atoms with E-state index in [9.17, 15) is 9.90 Å². The number of rotatable bonds is 4. The van der Waals surface area contributed by atoms with Crippen LogP contribution in [0.2, 0.25) is 0 Å². The van der Waals surface area contributed by atoms with E-state index in [1.807, 2.05) is 38.1 Å². The minimum absolute atomic E-state index is 0.0107. The van der Waals surface area contributed by atoms with Crippen LogP contribution in [0.3, 0.4) is 0 Å². The highest BCUT2D eigenvalue weighted by atomic mass is 32.2. The van der Waals surface area contributed by atoms with Crippen LogP contribution in [0.25, 0.3) is 0 Å². The van der Waals surface area contributed by atoms with Crippen molar-refractivity contribution in [2.75, 3.05) is 13.1 Å². The fraction of sp³-hybridized carbons (Fsp3) is 0.412. The quantitative estimate of drug-likeness (QED) is 0.872. The van der Waals surface area contributed by atoms with Crippen LogP contribution in [0.5, 0.6) is 0 Å².